The van der Waals surface area contributed by atoms with Crippen molar-refractivity contribution in [3.8, 4) is 5.75 Å². The molecule has 0 aromatic heterocycles. The van der Waals surface area contributed by atoms with E-state index in [0.717, 1.165) is 6.42 Å². The first-order chi connectivity index (χ1) is 18.3. The fourth-order valence-electron chi connectivity index (χ4n) is 8.38. The minimum atomic E-state index is 0.473. The van der Waals surface area contributed by atoms with E-state index in [1.165, 1.54) is 120 Å². The predicted molar refractivity (Wildman–Crippen MR) is 160 cm³/mol. The molecule has 0 amide bonds. The molecule has 1 aromatic carbocycles. The molecule has 5 unspecified atom stereocenters. The minimum Gasteiger partial charge on any atom is -0.508 e. The van der Waals surface area contributed by atoms with Gasteiger partial charge in [0, 0.05) is 49.9 Å². The van der Waals surface area contributed by atoms with Gasteiger partial charge >= 0.3 is 0 Å². The summed E-state index contributed by atoms with van der Waals surface area (Å²) >= 11 is 0. The number of piperazine rings is 1. The molecule has 5 rings (SSSR count). The van der Waals surface area contributed by atoms with Crippen LogP contribution in [-0.2, 0) is 6.42 Å². The van der Waals surface area contributed by atoms with Crippen molar-refractivity contribution in [1.82, 2.24) is 14.7 Å². The van der Waals surface area contributed by atoms with Crippen molar-refractivity contribution >= 4 is 5.69 Å². The number of likely N-dealkylation sites (tertiary alicyclic amines) is 1. The number of aryl methyl sites for hydroxylation is 1. The number of phenolic OH excluding ortho intramolecular Hbond substituents is 1. The molecule has 38 heavy (non-hydrogen) atoms. The number of benzene rings is 1. The van der Waals surface area contributed by atoms with Crippen molar-refractivity contribution in [2.24, 2.45) is 5.41 Å². The summed E-state index contributed by atoms with van der Waals surface area (Å²) in [5.41, 5.74) is 4.83. The lowest BCUT2D eigenvalue weighted by Gasteiger charge is -2.50. The van der Waals surface area contributed by atoms with E-state index < -0.39 is 0 Å². The number of rotatable bonds is 10. The number of phenols is 1. The van der Waals surface area contributed by atoms with Gasteiger partial charge in [0.15, 0.2) is 0 Å². The van der Waals surface area contributed by atoms with Crippen LogP contribution in [0.25, 0.3) is 0 Å². The summed E-state index contributed by atoms with van der Waals surface area (Å²) in [4.78, 5) is 10.9. The van der Waals surface area contributed by atoms with Crippen molar-refractivity contribution in [2.75, 3.05) is 51.2 Å². The Hall–Kier alpha value is -1.30. The SMILES string of the molecule is CCCCC1CCc2cc(O)cc3c2N1C(C)C3CCN1CCN(C2CC(C)(CCCC)CCN2C)CC1. The van der Waals surface area contributed by atoms with Crippen LogP contribution in [-0.4, -0.2) is 84.4 Å². The highest BCUT2D eigenvalue weighted by Gasteiger charge is 2.43. The molecule has 4 heterocycles. The van der Waals surface area contributed by atoms with Crippen LogP contribution in [0.15, 0.2) is 12.1 Å². The van der Waals surface area contributed by atoms with Crippen LogP contribution < -0.4 is 4.90 Å². The van der Waals surface area contributed by atoms with E-state index >= 15 is 0 Å². The molecule has 214 valence electrons. The topological polar surface area (TPSA) is 33.2 Å². The number of piperidine rings is 1. The first kappa shape index (κ1) is 28.2. The molecule has 0 saturated carbocycles. The first-order valence-electron chi connectivity index (χ1n) is 16.1. The number of aromatic hydroxyl groups is 1. The molecule has 4 aliphatic heterocycles. The van der Waals surface area contributed by atoms with E-state index in [0.29, 0.717) is 35.3 Å². The fraction of sp³-hybridized carbons (Fsp3) is 0.818. The van der Waals surface area contributed by atoms with Crippen molar-refractivity contribution in [1.29, 1.82) is 0 Å². The Morgan fingerprint density at radius 2 is 1.76 bits per heavy atom. The van der Waals surface area contributed by atoms with Crippen molar-refractivity contribution in [3.63, 3.8) is 0 Å². The van der Waals surface area contributed by atoms with Gasteiger partial charge in [0.2, 0.25) is 0 Å². The quantitative estimate of drug-likeness (QED) is 0.381. The number of nitrogens with zero attached hydrogens (tertiary/aromatic N) is 4. The largest absolute Gasteiger partial charge is 0.508 e. The van der Waals surface area contributed by atoms with E-state index in [1.54, 1.807) is 0 Å². The standard InChI is InChI=1S/C33H56N4O/c1-6-8-10-27-12-11-26-22-28(38)23-30-29(25(3)37(27)32(26)30)13-16-35-18-20-36(21-19-35)31-24-33(4,14-9-7-2)15-17-34(31)5/h22-23,25,27,29,31,38H,6-21,24H2,1-5H3. The van der Waals surface area contributed by atoms with Crippen LogP contribution in [0.1, 0.15) is 109 Å². The summed E-state index contributed by atoms with van der Waals surface area (Å²) in [6.45, 7) is 16.9. The first-order valence-corrected chi connectivity index (χ1v) is 16.1. The highest BCUT2D eigenvalue weighted by molar-refractivity contribution is 5.70. The number of anilines is 1. The maximum atomic E-state index is 10.6. The molecule has 0 aliphatic carbocycles. The third-order valence-electron chi connectivity index (χ3n) is 10.9. The summed E-state index contributed by atoms with van der Waals surface area (Å²) in [6, 6.07) is 5.36. The van der Waals surface area contributed by atoms with Crippen LogP contribution in [0.5, 0.6) is 5.75 Å². The van der Waals surface area contributed by atoms with Gasteiger partial charge in [0.1, 0.15) is 5.75 Å². The Labute approximate surface area is 233 Å². The van der Waals surface area contributed by atoms with Crippen LogP contribution in [0.4, 0.5) is 5.69 Å². The van der Waals surface area contributed by atoms with E-state index in [1.807, 2.05) is 6.07 Å². The highest BCUT2D eigenvalue weighted by atomic mass is 16.3. The molecule has 5 atom stereocenters. The number of hydrogen-bond acceptors (Lipinski definition) is 5. The van der Waals surface area contributed by atoms with Gasteiger partial charge in [-0.15, -0.1) is 0 Å². The predicted octanol–water partition coefficient (Wildman–Crippen LogP) is 6.45. The number of unbranched alkanes of at least 4 members (excludes halogenated alkanes) is 2. The zero-order valence-electron chi connectivity index (χ0n) is 25.2. The van der Waals surface area contributed by atoms with Gasteiger partial charge in [0.25, 0.3) is 0 Å². The lowest BCUT2D eigenvalue weighted by atomic mass is 9.75. The van der Waals surface area contributed by atoms with E-state index in [-0.39, 0.29) is 0 Å². The maximum Gasteiger partial charge on any atom is 0.116 e. The van der Waals surface area contributed by atoms with Gasteiger partial charge in [-0.1, -0.05) is 46.5 Å². The van der Waals surface area contributed by atoms with Gasteiger partial charge in [-0.25, -0.2) is 0 Å². The molecule has 0 spiro atoms. The van der Waals surface area contributed by atoms with Gasteiger partial charge in [-0.2, -0.15) is 0 Å². The normalized spacial score (nSPS) is 32.6. The zero-order valence-corrected chi connectivity index (χ0v) is 25.2. The lowest BCUT2D eigenvalue weighted by Crippen LogP contribution is -2.58. The van der Waals surface area contributed by atoms with E-state index in [2.05, 4.69) is 60.4 Å². The van der Waals surface area contributed by atoms with Crippen LogP contribution >= 0.6 is 0 Å². The van der Waals surface area contributed by atoms with Crippen molar-refractivity contribution in [3.05, 3.63) is 23.3 Å². The average molecular weight is 525 g/mol. The minimum absolute atomic E-state index is 0.473. The third-order valence-corrected chi connectivity index (χ3v) is 10.9. The summed E-state index contributed by atoms with van der Waals surface area (Å²) in [5, 5.41) is 10.6. The zero-order chi connectivity index (χ0) is 26.9. The molecular weight excluding hydrogens is 468 g/mol. The Morgan fingerprint density at radius 3 is 2.50 bits per heavy atom. The van der Waals surface area contributed by atoms with E-state index in [9.17, 15) is 5.11 Å². The second-order valence-electron chi connectivity index (χ2n) is 13.6. The van der Waals surface area contributed by atoms with Gasteiger partial charge in [0.05, 0.1) is 6.17 Å². The van der Waals surface area contributed by atoms with Gasteiger partial charge in [-0.05, 0) is 101 Å². The maximum absolute atomic E-state index is 10.6. The summed E-state index contributed by atoms with van der Waals surface area (Å²) < 4.78 is 0. The average Bonchev–Trinajstić information content (AvgIpc) is 3.19. The van der Waals surface area contributed by atoms with Crippen molar-refractivity contribution in [2.45, 2.75) is 122 Å². The van der Waals surface area contributed by atoms with Gasteiger partial charge in [-0.3, -0.25) is 9.80 Å². The monoisotopic (exact) mass is 524 g/mol. The molecule has 4 aliphatic rings. The Balaban J connectivity index is 1.19. The smallest absolute Gasteiger partial charge is 0.116 e. The van der Waals surface area contributed by atoms with Crippen LogP contribution in [0.2, 0.25) is 0 Å². The van der Waals surface area contributed by atoms with E-state index in [4.69, 9.17) is 0 Å². The van der Waals surface area contributed by atoms with Crippen LogP contribution in [0.3, 0.4) is 0 Å². The van der Waals surface area contributed by atoms with Crippen LogP contribution in [0, 0.1) is 5.41 Å². The molecule has 1 N–H and O–H groups in total. The third kappa shape index (κ3) is 5.76. The molecule has 5 heteroatoms. The molecular formula is C33H56N4O. The molecule has 5 nitrogen and oxygen atoms in total. The molecule has 1 aromatic rings. The lowest BCUT2D eigenvalue weighted by molar-refractivity contribution is -0.0425. The summed E-state index contributed by atoms with van der Waals surface area (Å²) in [7, 11) is 2.35. The summed E-state index contributed by atoms with van der Waals surface area (Å²) in [6.07, 6.45) is 14.9. The second kappa shape index (κ2) is 12.1. The molecule has 2 fully saturated rings. The molecule has 2 saturated heterocycles. The molecule has 0 radical (unpaired) electrons. The Kier molecular flexibility index (Phi) is 8.96. The molecule has 0 bridgehead atoms. The Bertz CT molecular complexity index is 924. The number of hydrogen-bond donors (Lipinski definition) is 1. The fourth-order valence-corrected chi connectivity index (χ4v) is 8.38. The Morgan fingerprint density at radius 1 is 1.00 bits per heavy atom. The highest BCUT2D eigenvalue weighted by Crippen LogP contribution is 2.51. The second-order valence-corrected chi connectivity index (χ2v) is 13.6. The summed E-state index contributed by atoms with van der Waals surface area (Å²) in [5.74, 6) is 1.00. The van der Waals surface area contributed by atoms with Gasteiger partial charge < -0.3 is 14.9 Å². The van der Waals surface area contributed by atoms with Crippen molar-refractivity contribution < 1.29 is 5.11 Å².